The van der Waals surface area contributed by atoms with Gasteiger partial charge in [0.25, 0.3) is 0 Å². The highest BCUT2D eigenvalue weighted by atomic mass is 16.2. The van der Waals surface area contributed by atoms with E-state index in [4.69, 9.17) is 0 Å². The summed E-state index contributed by atoms with van der Waals surface area (Å²) in [5, 5.41) is 3.32. The maximum atomic E-state index is 11.4. The molecule has 3 heteroatoms. The van der Waals surface area contributed by atoms with Crippen LogP contribution < -0.4 is 5.32 Å². The van der Waals surface area contributed by atoms with Crippen LogP contribution in [0, 0.1) is 5.92 Å². The quantitative estimate of drug-likeness (QED) is 0.653. The minimum Gasteiger partial charge on any atom is -0.324 e. The van der Waals surface area contributed by atoms with Gasteiger partial charge in [-0.15, -0.1) is 0 Å². The second-order valence-corrected chi connectivity index (χ2v) is 3.91. The smallest absolute Gasteiger partial charge is 0.238 e. The van der Waals surface area contributed by atoms with Crippen molar-refractivity contribution in [3.8, 4) is 0 Å². The fourth-order valence-electron chi connectivity index (χ4n) is 2.22. The Hall–Kier alpha value is -0.570. The SMILES string of the molecule is CCN1C(=O)CNC1(C)C1CC1. The molecule has 12 heavy (non-hydrogen) atoms. The van der Waals surface area contributed by atoms with Crippen molar-refractivity contribution in [1.29, 1.82) is 0 Å². The van der Waals surface area contributed by atoms with Gasteiger partial charge in [-0.2, -0.15) is 0 Å². The van der Waals surface area contributed by atoms with E-state index in [1.165, 1.54) is 12.8 Å². The first kappa shape index (κ1) is 8.05. The van der Waals surface area contributed by atoms with Crippen molar-refractivity contribution >= 4 is 5.91 Å². The van der Waals surface area contributed by atoms with E-state index in [0.29, 0.717) is 12.5 Å². The third kappa shape index (κ3) is 0.959. The van der Waals surface area contributed by atoms with Gasteiger partial charge in [-0.25, -0.2) is 0 Å². The van der Waals surface area contributed by atoms with Gasteiger partial charge in [0, 0.05) is 6.54 Å². The first-order valence-electron chi connectivity index (χ1n) is 4.74. The zero-order valence-corrected chi connectivity index (χ0v) is 7.76. The highest BCUT2D eigenvalue weighted by molar-refractivity contribution is 5.81. The fourth-order valence-corrected chi connectivity index (χ4v) is 2.22. The van der Waals surface area contributed by atoms with Gasteiger partial charge < -0.3 is 4.90 Å². The molecule has 0 aromatic rings. The monoisotopic (exact) mass is 168 g/mol. The largest absolute Gasteiger partial charge is 0.324 e. The number of rotatable bonds is 2. The molecular weight excluding hydrogens is 152 g/mol. The summed E-state index contributed by atoms with van der Waals surface area (Å²) < 4.78 is 0. The standard InChI is InChI=1S/C9H16N2O/c1-3-11-8(12)6-10-9(11,2)7-4-5-7/h7,10H,3-6H2,1-2H3. The van der Waals surface area contributed by atoms with E-state index in [-0.39, 0.29) is 11.6 Å². The van der Waals surface area contributed by atoms with Crippen LogP contribution in [0.25, 0.3) is 0 Å². The number of amides is 1. The molecule has 1 atom stereocenters. The highest BCUT2D eigenvalue weighted by Crippen LogP contribution is 2.42. The topological polar surface area (TPSA) is 32.3 Å². The molecule has 0 radical (unpaired) electrons. The third-order valence-corrected chi connectivity index (χ3v) is 3.15. The Labute approximate surface area is 73.1 Å². The Bertz CT molecular complexity index is 213. The summed E-state index contributed by atoms with van der Waals surface area (Å²) in [5.74, 6) is 0.954. The Morgan fingerprint density at radius 1 is 1.67 bits per heavy atom. The number of hydrogen-bond acceptors (Lipinski definition) is 2. The van der Waals surface area contributed by atoms with Crippen LogP contribution in [0.5, 0.6) is 0 Å². The van der Waals surface area contributed by atoms with Gasteiger partial charge in [-0.3, -0.25) is 10.1 Å². The number of nitrogens with zero attached hydrogens (tertiary/aromatic N) is 1. The van der Waals surface area contributed by atoms with E-state index in [9.17, 15) is 4.79 Å². The van der Waals surface area contributed by atoms with Gasteiger partial charge >= 0.3 is 0 Å². The van der Waals surface area contributed by atoms with Gasteiger partial charge in [0.1, 0.15) is 0 Å². The van der Waals surface area contributed by atoms with Gasteiger partial charge in [-0.1, -0.05) is 0 Å². The number of nitrogens with one attached hydrogen (secondary N) is 1. The second-order valence-electron chi connectivity index (χ2n) is 3.91. The van der Waals surface area contributed by atoms with Crippen molar-refractivity contribution in [3.63, 3.8) is 0 Å². The normalized spacial score (nSPS) is 36.2. The van der Waals surface area contributed by atoms with Gasteiger partial charge in [0.15, 0.2) is 0 Å². The summed E-state index contributed by atoms with van der Waals surface area (Å²) in [6, 6.07) is 0. The van der Waals surface area contributed by atoms with E-state index >= 15 is 0 Å². The molecule has 2 rings (SSSR count). The van der Waals surface area contributed by atoms with Crippen LogP contribution in [0.2, 0.25) is 0 Å². The van der Waals surface area contributed by atoms with E-state index in [0.717, 1.165) is 6.54 Å². The van der Waals surface area contributed by atoms with Crippen molar-refractivity contribution in [2.24, 2.45) is 5.92 Å². The Kier molecular flexibility index (Phi) is 1.65. The molecule has 68 valence electrons. The average Bonchev–Trinajstić information content (AvgIpc) is 2.81. The molecule has 0 spiro atoms. The Morgan fingerprint density at radius 2 is 2.33 bits per heavy atom. The molecule has 1 aliphatic carbocycles. The number of carbonyl (C=O) groups excluding carboxylic acids is 1. The number of likely N-dealkylation sites (N-methyl/N-ethyl adjacent to an activating group) is 1. The lowest BCUT2D eigenvalue weighted by Crippen LogP contribution is -2.51. The van der Waals surface area contributed by atoms with E-state index in [1.807, 2.05) is 11.8 Å². The van der Waals surface area contributed by atoms with Crippen molar-refractivity contribution < 1.29 is 4.79 Å². The third-order valence-electron chi connectivity index (χ3n) is 3.15. The van der Waals surface area contributed by atoms with Gasteiger partial charge in [0.2, 0.25) is 5.91 Å². The van der Waals surface area contributed by atoms with Crippen molar-refractivity contribution in [3.05, 3.63) is 0 Å². The van der Waals surface area contributed by atoms with Crippen LogP contribution in [0.4, 0.5) is 0 Å². The predicted molar refractivity (Wildman–Crippen MR) is 46.5 cm³/mol. The van der Waals surface area contributed by atoms with Gasteiger partial charge in [-0.05, 0) is 32.6 Å². The summed E-state index contributed by atoms with van der Waals surface area (Å²) >= 11 is 0. The van der Waals surface area contributed by atoms with Crippen LogP contribution in [0.1, 0.15) is 26.7 Å². The molecule has 1 saturated carbocycles. The Balaban J connectivity index is 2.18. The lowest BCUT2D eigenvalue weighted by molar-refractivity contribution is -0.130. The fraction of sp³-hybridized carbons (Fsp3) is 0.889. The van der Waals surface area contributed by atoms with Crippen LogP contribution in [-0.2, 0) is 4.79 Å². The van der Waals surface area contributed by atoms with E-state index < -0.39 is 0 Å². The molecule has 1 aliphatic heterocycles. The van der Waals surface area contributed by atoms with Crippen LogP contribution in [-0.4, -0.2) is 29.6 Å². The summed E-state index contributed by atoms with van der Waals surface area (Å²) in [6.07, 6.45) is 2.54. The summed E-state index contributed by atoms with van der Waals surface area (Å²) in [7, 11) is 0. The molecule has 3 nitrogen and oxygen atoms in total. The van der Waals surface area contributed by atoms with Crippen molar-refractivity contribution in [1.82, 2.24) is 10.2 Å². The predicted octanol–water partition coefficient (Wildman–Crippen LogP) is 0.564. The molecule has 1 unspecified atom stereocenters. The number of carbonyl (C=O) groups is 1. The van der Waals surface area contributed by atoms with Crippen LogP contribution in [0.15, 0.2) is 0 Å². The average molecular weight is 168 g/mol. The molecule has 2 fully saturated rings. The maximum absolute atomic E-state index is 11.4. The number of hydrogen-bond donors (Lipinski definition) is 1. The second kappa shape index (κ2) is 2.46. The molecular formula is C9H16N2O. The lowest BCUT2D eigenvalue weighted by atomic mass is 10.1. The molecule has 1 N–H and O–H groups in total. The molecule has 1 saturated heterocycles. The van der Waals surface area contributed by atoms with Gasteiger partial charge in [0.05, 0.1) is 12.2 Å². The van der Waals surface area contributed by atoms with Crippen molar-refractivity contribution in [2.75, 3.05) is 13.1 Å². The summed E-state index contributed by atoms with van der Waals surface area (Å²) in [5.41, 5.74) is -0.0220. The molecule has 0 aromatic heterocycles. The molecule has 0 aromatic carbocycles. The minimum atomic E-state index is -0.0220. The Morgan fingerprint density at radius 3 is 2.83 bits per heavy atom. The lowest BCUT2D eigenvalue weighted by Gasteiger charge is -2.34. The zero-order valence-electron chi connectivity index (χ0n) is 7.76. The highest BCUT2D eigenvalue weighted by Gasteiger charge is 2.50. The molecule has 0 bridgehead atoms. The van der Waals surface area contributed by atoms with E-state index in [2.05, 4.69) is 12.2 Å². The summed E-state index contributed by atoms with van der Waals surface area (Å²) in [6.45, 7) is 5.56. The zero-order chi connectivity index (χ0) is 8.77. The van der Waals surface area contributed by atoms with Crippen molar-refractivity contribution in [2.45, 2.75) is 32.4 Å². The van der Waals surface area contributed by atoms with Crippen LogP contribution in [0.3, 0.4) is 0 Å². The minimum absolute atomic E-state index is 0.0220. The van der Waals surface area contributed by atoms with E-state index in [1.54, 1.807) is 0 Å². The molecule has 1 heterocycles. The molecule has 2 aliphatic rings. The first-order valence-corrected chi connectivity index (χ1v) is 4.74. The van der Waals surface area contributed by atoms with Crippen LogP contribution >= 0.6 is 0 Å². The summed E-state index contributed by atoms with van der Waals surface area (Å²) in [4.78, 5) is 13.4. The first-order chi connectivity index (χ1) is 5.68. The maximum Gasteiger partial charge on any atom is 0.238 e. The molecule has 1 amide bonds.